The third-order valence-corrected chi connectivity index (χ3v) is 7.95. The van der Waals surface area contributed by atoms with E-state index in [4.69, 9.17) is 0 Å². The van der Waals surface area contributed by atoms with Gasteiger partial charge in [-0.05, 0) is 82.9 Å². The fourth-order valence-electron chi connectivity index (χ4n) is 4.91. The molecule has 1 aliphatic heterocycles. The molecule has 3 nitrogen and oxygen atoms in total. The molecule has 2 aliphatic rings. The van der Waals surface area contributed by atoms with Crippen molar-refractivity contribution in [1.82, 2.24) is 5.32 Å². The van der Waals surface area contributed by atoms with Crippen LogP contribution in [0.4, 0.5) is 4.79 Å². The van der Waals surface area contributed by atoms with Gasteiger partial charge in [0.2, 0.25) is 5.91 Å². The Morgan fingerprint density at radius 3 is 2.07 bits per heavy atom. The molecule has 4 heteroatoms. The van der Waals surface area contributed by atoms with E-state index in [2.05, 4.69) is 77.2 Å². The summed E-state index contributed by atoms with van der Waals surface area (Å²) in [6.07, 6.45) is 3.00. The number of carbonyl (C=O) groups is 2. The largest absolute Gasteiger partial charge is 0.286 e. The molecule has 1 aliphatic carbocycles. The Labute approximate surface area is 184 Å². The number of nitrogens with one attached hydrogen (secondary N) is 1. The Hall–Kier alpha value is -2.07. The summed E-state index contributed by atoms with van der Waals surface area (Å²) in [6, 6.07) is 11.3. The molecule has 2 aromatic carbocycles. The highest BCUT2D eigenvalue weighted by Gasteiger charge is 2.37. The zero-order valence-corrected chi connectivity index (χ0v) is 19.6. The van der Waals surface area contributed by atoms with E-state index in [1.165, 1.54) is 46.2 Å². The monoisotopic (exact) mass is 421 g/mol. The summed E-state index contributed by atoms with van der Waals surface area (Å²) in [5.74, 6) is -0.179. The third-order valence-electron chi connectivity index (χ3n) is 6.97. The van der Waals surface area contributed by atoms with E-state index in [1.807, 2.05) is 0 Å². The summed E-state index contributed by atoms with van der Waals surface area (Å²) in [5.41, 5.74) is 9.51. The van der Waals surface area contributed by atoms with E-state index in [-0.39, 0.29) is 27.2 Å². The van der Waals surface area contributed by atoms with Crippen LogP contribution < -0.4 is 5.32 Å². The molecule has 2 amide bonds. The summed E-state index contributed by atoms with van der Waals surface area (Å²) in [7, 11) is 0. The second kappa shape index (κ2) is 7.26. The minimum Gasteiger partial charge on any atom is -0.286 e. The van der Waals surface area contributed by atoms with Gasteiger partial charge in [0.15, 0.2) is 0 Å². The van der Waals surface area contributed by atoms with Crippen molar-refractivity contribution in [3.8, 4) is 11.1 Å². The van der Waals surface area contributed by atoms with Crippen LogP contribution in [0.3, 0.4) is 0 Å². The van der Waals surface area contributed by atoms with Gasteiger partial charge in [-0.15, -0.1) is 0 Å². The van der Waals surface area contributed by atoms with Crippen LogP contribution >= 0.6 is 11.8 Å². The second-order valence-corrected chi connectivity index (χ2v) is 11.4. The van der Waals surface area contributed by atoms with Gasteiger partial charge in [-0.25, -0.2) is 0 Å². The van der Waals surface area contributed by atoms with Crippen molar-refractivity contribution < 1.29 is 9.59 Å². The third kappa shape index (κ3) is 3.71. The van der Waals surface area contributed by atoms with Crippen molar-refractivity contribution in [3.63, 3.8) is 0 Å². The van der Waals surface area contributed by atoms with E-state index in [0.29, 0.717) is 6.42 Å². The molecule has 4 rings (SSSR count). The summed E-state index contributed by atoms with van der Waals surface area (Å²) < 4.78 is 0. The van der Waals surface area contributed by atoms with E-state index < -0.39 is 0 Å². The van der Waals surface area contributed by atoms with E-state index >= 15 is 0 Å². The molecular formula is C26H31NO2S. The van der Waals surface area contributed by atoms with Crippen molar-refractivity contribution >= 4 is 22.9 Å². The summed E-state index contributed by atoms with van der Waals surface area (Å²) in [5, 5.41) is 1.81. The van der Waals surface area contributed by atoms with Crippen LogP contribution in [0.25, 0.3) is 11.1 Å². The maximum Gasteiger partial charge on any atom is 0.286 e. The first-order valence-corrected chi connectivity index (χ1v) is 11.6. The predicted octanol–water partition coefficient (Wildman–Crippen LogP) is 6.21. The number of imide groups is 1. The van der Waals surface area contributed by atoms with E-state index in [9.17, 15) is 9.59 Å². The molecular weight excluding hydrogens is 390 g/mol. The second-order valence-electron chi connectivity index (χ2n) is 10.2. The number of hydrogen-bond donors (Lipinski definition) is 1. The normalized spacial score (nSPS) is 22.0. The summed E-state index contributed by atoms with van der Waals surface area (Å²) >= 11 is 1.09. The lowest BCUT2D eigenvalue weighted by atomic mass is 9.62. The molecule has 0 bridgehead atoms. The zero-order chi connectivity index (χ0) is 21.8. The Bertz CT molecular complexity index is 1050. The fraction of sp³-hybridized carbons (Fsp3) is 0.462. The van der Waals surface area contributed by atoms with Gasteiger partial charge in [0, 0.05) is 0 Å². The fourth-order valence-corrected chi connectivity index (χ4v) is 5.77. The molecule has 1 unspecified atom stereocenters. The molecule has 1 N–H and O–H groups in total. The molecule has 1 fully saturated rings. The minimum absolute atomic E-state index is 0.179. The Morgan fingerprint density at radius 2 is 1.50 bits per heavy atom. The first-order valence-electron chi connectivity index (χ1n) is 10.7. The van der Waals surface area contributed by atoms with Crippen LogP contribution in [-0.2, 0) is 22.0 Å². The molecule has 1 heterocycles. The Balaban J connectivity index is 1.71. The number of aryl methyl sites for hydroxylation is 2. The Morgan fingerprint density at radius 1 is 0.900 bits per heavy atom. The SMILES string of the molecule is Cc1cc(CC2SC(=O)NC2=O)ccc1-c1cc2c(cc1C)C(C)(C)CCC2(C)C. The minimum atomic E-state index is -0.323. The lowest BCUT2D eigenvalue weighted by Crippen LogP contribution is -2.34. The summed E-state index contributed by atoms with van der Waals surface area (Å²) in [4.78, 5) is 23.3. The standard InChI is InChI=1S/C26H31NO2S/c1-15-11-17(13-22-23(28)27-24(29)30-22)7-8-18(15)19-14-21-20(12-16(19)2)25(3,4)9-10-26(21,5)6/h7-8,11-12,14,22H,9-10,13H2,1-6H3,(H,27,28,29). The first kappa shape index (κ1) is 21.2. The first-order chi connectivity index (χ1) is 14.0. The maximum absolute atomic E-state index is 11.9. The molecule has 2 aromatic rings. The van der Waals surface area contributed by atoms with Crippen molar-refractivity contribution in [1.29, 1.82) is 0 Å². The molecule has 1 saturated heterocycles. The molecule has 0 aromatic heterocycles. The number of amides is 2. The van der Waals surface area contributed by atoms with Gasteiger partial charge in [-0.3, -0.25) is 14.9 Å². The van der Waals surface area contributed by atoms with Crippen LogP contribution in [0.1, 0.15) is 68.4 Å². The average Bonchev–Trinajstić information content (AvgIpc) is 2.96. The van der Waals surface area contributed by atoms with Crippen LogP contribution in [-0.4, -0.2) is 16.4 Å². The average molecular weight is 422 g/mol. The lowest BCUT2D eigenvalue weighted by Gasteiger charge is -2.42. The predicted molar refractivity (Wildman–Crippen MR) is 125 cm³/mol. The molecule has 30 heavy (non-hydrogen) atoms. The maximum atomic E-state index is 11.9. The number of rotatable bonds is 3. The van der Waals surface area contributed by atoms with Crippen molar-refractivity contribution in [2.45, 2.75) is 76.9 Å². The smallest absolute Gasteiger partial charge is 0.286 e. The van der Waals surface area contributed by atoms with Gasteiger partial charge in [0.05, 0.1) is 5.25 Å². The molecule has 0 radical (unpaired) electrons. The van der Waals surface area contributed by atoms with Gasteiger partial charge in [0.25, 0.3) is 5.24 Å². The molecule has 0 saturated carbocycles. The van der Waals surface area contributed by atoms with Crippen molar-refractivity contribution in [2.24, 2.45) is 0 Å². The molecule has 158 valence electrons. The van der Waals surface area contributed by atoms with Crippen molar-refractivity contribution in [2.75, 3.05) is 0 Å². The lowest BCUT2D eigenvalue weighted by molar-refractivity contribution is -0.118. The van der Waals surface area contributed by atoms with Gasteiger partial charge >= 0.3 is 0 Å². The van der Waals surface area contributed by atoms with Gasteiger partial charge in [-0.2, -0.15) is 0 Å². The summed E-state index contributed by atoms with van der Waals surface area (Å²) in [6.45, 7) is 13.8. The highest BCUT2D eigenvalue weighted by Crippen LogP contribution is 2.47. The van der Waals surface area contributed by atoms with Gasteiger partial charge in [-0.1, -0.05) is 69.8 Å². The zero-order valence-electron chi connectivity index (χ0n) is 18.8. The number of benzene rings is 2. The number of thioether (sulfide) groups is 1. The van der Waals surface area contributed by atoms with E-state index in [0.717, 1.165) is 17.3 Å². The van der Waals surface area contributed by atoms with Crippen LogP contribution in [0.5, 0.6) is 0 Å². The number of fused-ring (bicyclic) bond motifs is 1. The van der Waals surface area contributed by atoms with Gasteiger partial charge in [0.1, 0.15) is 0 Å². The highest BCUT2D eigenvalue weighted by atomic mass is 32.2. The number of hydrogen-bond acceptors (Lipinski definition) is 3. The van der Waals surface area contributed by atoms with Gasteiger partial charge < -0.3 is 0 Å². The van der Waals surface area contributed by atoms with Crippen molar-refractivity contribution in [3.05, 3.63) is 58.1 Å². The topological polar surface area (TPSA) is 46.2 Å². The molecule has 1 atom stereocenters. The van der Waals surface area contributed by atoms with E-state index in [1.54, 1.807) is 0 Å². The van der Waals surface area contributed by atoms with Crippen LogP contribution in [0.2, 0.25) is 0 Å². The van der Waals surface area contributed by atoms with Crippen LogP contribution in [0.15, 0.2) is 30.3 Å². The Kier molecular flexibility index (Phi) is 5.13. The van der Waals surface area contributed by atoms with Crippen LogP contribution in [0, 0.1) is 13.8 Å². The quantitative estimate of drug-likeness (QED) is 0.640. The highest BCUT2D eigenvalue weighted by molar-refractivity contribution is 8.15. The molecule has 0 spiro atoms. The number of carbonyl (C=O) groups excluding carboxylic acids is 2.